The zero-order chi connectivity index (χ0) is 26.7. The zero-order valence-electron chi connectivity index (χ0n) is 20.6. The summed E-state index contributed by atoms with van der Waals surface area (Å²) in [4.78, 5) is 34.6. The molecule has 1 aromatic carbocycles. The third kappa shape index (κ3) is 6.88. The van der Waals surface area contributed by atoms with Crippen molar-refractivity contribution in [3.63, 3.8) is 0 Å². The van der Waals surface area contributed by atoms with Gasteiger partial charge in [-0.15, -0.1) is 10.2 Å². The number of hydrogen-bond acceptors (Lipinski definition) is 8. The molecule has 0 spiro atoms. The Kier molecular flexibility index (Phi) is 8.50. The molecule has 1 N–H and O–H groups in total. The Bertz CT molecular complexity index is 1240. The highest BCUT2D eigenvalue weighted by molar-refractivity contribution is 9.10. The maximum atomic E-state index is 12.5. The van der Waals surface area contributed by atoms with Gasteiger partial charge in [0.15, 0.2) is 11.5 Å². The third-order valence-corrected chi connectivity index (χ3v) is 5.72. The van der Waals surface area contributed by atoms with E-state index in [-0.39, 0.29) is 29.7 Å². The Hall–Kier alpha value is -2.86. The van der Waals surface area contributed by atoms with Gasteiger partial charge in [-0.25, -0.2) is 14.8 Å². The van der Waals surface area contributed by atoms with E-state index in [1.165, 1.54) is 6.20 Å². The summed E-state index contributed by atoms with van der Waals surface area (Å²) in [6.45, 7) is 8.44. The van der Waals surface area contributed by atoms with Gasteiger partial charge in [0.05, 0.1) is 18.2 Å². The molecule has 0 fully saturated rings. The van der Waals surface area contributed by atoms with E-state index >= 15 is 0 Å². The topological polar surface area (TPSA) is 132 Å². The number of anilines is 1. The number of aromatic nitrogens is 4. The number of rotatable bonds is 8. The minimum Gasteiger partial charge on any atom is -0.465 e. The standard InChI is InChI=1S/C24H27Br2N5O5/c1-23(2,3)36-17(32)12-24(4,5)31(22(33)34)19-18(28-16(26)13-27-19)21-30-29-20(35-21)15-8-6-14(7-9-15)10-11-25/h6-9,13H,10-12H2,1-5H3,(H,33,34). The first-order valence-electron chi connectivity index (χ1n) is 11.1. The second-order valence-electron chi connectivity index (χ2n) is 9.61. The lowest BCUT2D eigenvalue weighted by Crippen LogP contribution is -2.50. The van der Waals surface area contributed by atoms with Gasteiger partial charge in [0.2, 0.25) is 5.89 Å². The summed E-state index contributed by atoms with van der Waals surface area (Å²) in [5.41, 5.74) is -0.0361. The number of halogens is 2. The first-order chi connectivity index (χ1) is 16.8. The summed E-state index contributed by atoms with van der Waals surface area (Å²) in [6, 6.07) is 7.68. The summed E-state index contributed by atoms with van der Waals surface area (Å²) in [5, 5.41) is 19.2. The Morgan fingerprint density at radius 1 is 1.08 bits per heavy atom. The number of nitrogens with zero attached hydrogens (tertiary/aromatic N) is 5. The van der Waals surface area contributed by atoms with Crippen molar-refractivity contribution in [3.8, 4) is 23.0 Å². The molecule has 0 atom stereocenters. The molecule has 0 bridgehead atoms. The summed E-state index contributed by atoms with van der Waals surface area (Å²) in [5.74, 6) is -0.369. The second kappa shape index (κ2) is 11.0. The number of aryl methyl sites for hydroxylation is 1. The van der Waals surface area contributed by atoms with Crippen LogP contribution in [-0.4, -0.2) is 53.8 Å². The molecule has 0 saturated carbocycles. The van der Waals surface area contributed by atoms with Gasteiger partial charge in [0.25, 0.3) is 5.89 Å². The molecule has 3 aromatic rings. The fraction of sp³-hybridized carbons (Fsp3) is 0.417. The van der Waals surface area contributed by atoms with Crippen LogP contribution in [0.1, 0.15) is 46.6 Å². The van der Waals surface area contributed by atoms with Crippen molar-refractivity contribution < 1.29 is 23.8 Å². The third-order valence-electron chi connectivity index (χ3n) is 4.94. The van der Waals surface area contributed by atoms with Gasteiger partial charge in [0, 0.05) is 10.9 Å². The van der Waals surface area contributed by atoms with Crippen molar-refractivity contribution in [3.05, 3.63) is 40.6 Å². The first kappa shape index (κ1) is 27.7. The number of benzene rings is 1. The normalized spacial score (nSPS) is 11.9. The van der Waals surface area contributed by atoms with Crippen LogP contribution in [-0.2, 0) is 16.0 Å². The Labute approximate surface area is 225 Å². The highest BCUT2D eigenvalue weighted by Gasteiger charge is 2.39. The molecular weight excluding hydrogens is 598 g/mol. The van der Waals surface area contributed by atoms with E-state index in [4.69, 9.17) is 9.15 Å². The highest BCUT2D eigenvalue weighted by atomic mass is 79.9. The van der Waals surface area contributed by atoms with E-state index in [9.17, 15) is 14.7 Å². The van der Waals surface area contributed by atoms with Crippen LogP contribution in [0.3, 0.4) is 0 Å². The number of amides is 1. The quantitative estimate of drug-likeness (QED) is 0.241. The lowest BCUT2D eigenvalue weighted by molar-refractivity contribution is -0.155. The molecule has 2 aromatic heterocycles. The summed E-state index contributed by atoms with van der Waals surface area (Å²) < 4.78 is 11.6. The molecule has 0 radical (unpaired) electrons. The number of hydrogen-bond donors (Lipinski definition) is 1. The average molecular weight is 625 g/mol. The Morgan fingerprint density at radius 3 is 2.31 bits per heavy atom. The minimum absolute atomic E-state index is 0.0161. The monoisotopic (exact) mass is 623 g/mol. The Balaban J connectivity index is 2.00. The van der Waals surface area contributed by atoms with E-state index in [0.717, 1.165) is 22.2 Å². The lowest BCUT2D eigenvalue weighted by atomic mass is 9.98. The molecule has 2 heterocycles. The van der Waals surface area contributed by atoms with E-state index in [1.807, 2.05) is 24.3 Å². The number of ether oxygens (including phenoxy) is 1. The molecule has 0 unspecified atom stereocenters. The molecule has 1 amide bonds. The number of alkyl halides is 1. The van der Waals surface area contributed by atoms with Gasteiger partial charge >= 0.3 is 12.1 Å². The minimum atomic E-state index is -1.33. The zero-order valence-corrected chi connectivity index (χ0v) is 23.8. The fourth-order valence-corrected chi connectivity index (χ4v) is 4.21. The predicted octanol–water partition coefficient (Wildman–Crippen LogP) is 5.89. The summed E-state index contributed by atoms with van der Waals surface area (Å²) in [6.07, 6.45) is 0.696. The number of carbonyl (C=O) groups is 2. The van der Waals surface area contributed by atoms with Gasteiger partial charge in [-0.3, -0.25) is 9.69 Å². The summed E-state index contributed by atoms with van der Waals surface area (Å²) >= 11 is 6.69. The van der Waals surface area contributed by atoms with Gasteiger partial charge in [-0.1, -0.05) is 28.1 Å². The van der Waals surface area contributed by atoms with E-state index < -0.39 is 23.2 Å². The maximum Gasteiger partial charge on any atom is 0.413 e. The van der Waals surface area contributed by atoms with Crippen LogP contribution in [0.15, 0.2) is 39.5 Å². The number of carboxylic acid groups (broad SMARTS) is 1. The van der Waals surface area contributed by atoms with Gasteiger partial charge in [-0.2, -0.15) is 0 Å². The van der Waals surface area contributed by atoms with Crippen molar-refractivity contribution in [1.82, 2.24) is 20.2 Å². The van der Waals surface area contributed by atoms with Gasteiger partial charge in [-0.05, 0) is 74.7 Å². The van der Waals surface area contributed by atoms with Crippen molar-refractivity contribution in [2.24, 2.45) is 0 Å². The lowest BCUT2D eigenvalue weighted by Gasteiger charge is -2.35. The Morgan fingerprint density at radius 2 is 1.72 bits per heavy atom. The number of esters is 1. The van der Waals surface area contributed by atoms with Gasteiger partial charge in [0.1, 0.15) is 10.2 Å². The molecule has 3 rings (SSSR count). The molecule has 0 aliphatic carbocycles. The van der Waals surface area contributed by atoms with Crippen LogP contribution in [0.25, 0.3) is 23.0 Å². The SMILES string of the molecule is CC(C)(C)OC(=O)CC(C)(C)N(C(=O)O)c1ncc(Br)nc1-c1nnc(-c2ccc(CCBr)cc2)o1. The van der Waals surface area contributed by atoms with Crippen LogP contribution in [0, 0.1) is 0 Å². The molecule has 36 heavy (non-hydrogen) atoms. The van der Waals surface area contributed by atoms with Crippen LogP contribution < -0.4 is 4.90 Å². The van der Waals surface area contributed by atoms with Crippen molar-refractivity contribution >= 4 is 49.7 Å². The van der Waals surface area contributed by atoms with Crippen LogP contribution in [0.2, 0.25) is 0 Å². The molecule has 0 saturated heterocycles. The predicted molar refractivity (Wildman–Crippen MR) is 141 cm³/mol. The van der Waals surface area contributed by atoms with E-state index in [0.29, 0.717) is 10.2 Å². The summed E-state index contributed by atoms with van der Waals surface area (Å²) in [7, 11) is 0. The largest absolute Gasteiger partial charge is 0.465 e. The van der Waals surface area contributed by atoms with Crippen LogP contribution in [0.4, 0.5) is 10.6 Å². The highest BCUT2D eigenvalue weighted by Crippen LogP contribution is 2.35. The van der Waals surface area contributed by atoms with E-state index in [1.54, 1.807) is 34.6 Å². The molecular formula is C24H27Br2N5O5. The van der Waals surface area contributed by atoms with Crippen LogP contribution in [0.5, 0.6) is 0 Å². The molecule has 0 aliphatic rings. The first-order valence-corrected chi connectivity index (χ1v) is 13.0. The molecule has 0 aliphatic heterocycles. The fourth-order valence-electron chi connectivity index (χ4n) is 3.47. The maximum absolute atomic E-state index is 12.5. The molecule has 12 heteroatoms. The van der Waals surface area contributed by atoms with Crippen LogP contribution >= 0.6 is 31.9 Å². The molecule has 10 nitrogen and oxygen atoms in total. The second-order valence-corrected chi connectivity index (χ2v) is 11.2. The molecule has 192 valence electrons. The average Bonchev–Trinajstić information content (AvgIpc) is 3.23. The van der Waals surface area contributed by atoms with E-state index in [2.05, 4.69) is 52.0 Å². The van der Waals surface area contributed by atoms with Crippen molar-refractivity contribution in [2.45, 2.75) is 58.6 Å². The smallest absolute Gasteiger partial charge is 0.413 e. The number of carbonyl (C=O) groups excluding carboxylic acids is 1. The van der Waals surface area contributed by atoms with Gasteiger partial charge < -0.3 is 14.3 Å². The van der Waals surface area contributed by atoms with Crippen molar-refractivity contribution in [1.29, 1.82) is 0 Å². The van der Waals surface area contributed by atoms with Crippen molar-refractivity contribution in [2.75, 3.05) is 10.2 Å².